The van der Waals surface area contributed by atoms with E-state index in [-0.39, 0.29) is 5.56 Å². The molecule has 3 aromatic rings. The molecule has 8 heteroatoms. The van der Waals surface area contributed by atoms with Gasteiger partial charge in [-0.05, 0) is 47.5 Å². The number of methoxy groups -OCH3 is 1. The lowest BCUT2D eigenvalue weighted by Crippen LogP contribution is -2.18. The Bertz CT molecular complexity index is 1070. The maximum Gasteiger partial charge on any atom is 0.416 e. The Kier molecular flexibility index (Phi) is 6.92. The third-order valence-electron chi connectivity index (χ3n) is 4.26. The zero-order valence-corrected chi connectivity index (χ0v) is 16.5. The Labute approximate surface area is 177 Å². The summed E-state index contributed by atoms with van der Waals surface area (Å²) in [7, 11) is 1.52. The lowest BCUT2D eigenvalue weighted by atomic mass is 10.1. The van der Waals surface area contributed by atoms with Crippen molar-refractivity contribution in [1.82, 2.24) is 5.43 Å². The van der Waals surface area contributed by atoms with Crippen LogP contribution in [0.15, 0.2) is 77.9 Å². The highest BCUT2D eigenvalue weighted by atomic mass is 19.4. The van der Waals surface area contributed by atoms with E-state index in [2.05, 4.69) is 10.5 Å². The molecule has 0 bridgehead atoms. The van der Waals surface area contributed by atoms with Crippen molar-refractivity contribution < 1.29 is 27.4 Å². The Morgan fingerprint density at radius 2 is 1.77 bits per heavy atom. The molecule has 0 unspecified atom stereocenters. The van der Waals surface area contributed by atoms with Crippen LogP contribution < -0.4 is 14.9 Å². The maximum atomic E-state index is 12.8. The van der Waals surface area contributed by atoms with Gasteiger partial charge in [0.2, 0.25) is 0 Å². The number of carbonyl (C=O) groups is 1. The van der Waals surface area contributed by atoms with Crippen LogP contribution in [0.4, 0.5) is 13.2 Å². The van der Waals surface area contributed by atoms with Crippen molar-refractivity contribution in [2.45, 2.75) is 12.8 Å². The van der Waals surface area contributed by atoms with Crippen molar-refractivity contribution >= 4 is 12.1 Å². The number of hydrogen-bond donors (Lipinski definition) is 1. The number of hydrogen-bond acceptors (Lipinski definition) is 4. The fourth-order valence-electron chi connectivity index (χ4n) is 2.69. The van der Waals surface area contributed by atoms with Crippen LogP contribution in [0.2, 0.25) is 0 Å². The molecular formula is C23H19F3N2O3. The maximum absolute atomic E-state index is 12.8. The molecule has 1 N–H and O–H groups in total. The van der Waals surface area contributed by atoms with Crippen molar-refractivity contribution in [2.24, 2.45) is 5.10 Å². The second kappa shape index (κ2) is 9.80. The van der Waals surface area contributed by atoms with E-state index in [0.29, 0.717) is 23.7 Å². The summed E-state index contributed by atoms with van der Waals surface area (Å²) in [5.74, 6) is 0.261. The number of ether oxygens (including phenoxy) is 2. The quantitative estimate of drug-likeness (QED) is 0.423. The first-order valence-corrected chi connectivity index (χ1v) is 9.22. The molecule has 3 rings (SSSR count). The van der Waals surface area contributed by atoms with Gasteiger partial charge in [-0.3, -0.25) is 4.79 Å². The van der Waals surface area contributed by atoms with Gasteiger partial charge in [-0.15, -0.1) is 0 Å². The van der Waals surface area contributed by atoms with Crippen molar-refractivity contribution in [1.29, 1.82) is 0 Å². The SMILES string of the molecule is COc1ccc(/C=N\NC(=O)c2cccc(C(F)(F)F)c2)cc1OCc1ccccc1. The number of carbonyl (C=O) groups excluding carboxylic acids is 1. The van der Waals surface area contributed by atoms with E-state index in [4.69, 9.17) is 9.47 Å². The predicted molar refractivity (Wildman–Crippen MR) is 110 cm³/mol. The number of hydrazone groups is 1. The molecule has 0 heterocycles. The molecule has 0 saturated carbocycles. The highest BCUT2D eigenvalue weighted by Crippen LogP contribution is 2.30. The molecule has 31 heavy (non-hydrogen) atoms. The first kappa shape index (κ1) is 21.9. The molecule has 0 aliphatic carbocycles. The van der Waals surface area contributed by atoms with Gasteiger partial charge >= 0.3 is 6.18 Å². The summed E-state index contributed by atoms with van der Waals surface area (Å²) in [5, 5.41) is 3.82. The molecule has 1 amide bonds. The first-order chi connectivity index (χ1) is 14.9. The first-order valence-electron chi connectivity index (χ1n) is 9.22. The van der Waals surface area contributed by atoms with Crippen LogP contribution in [-0.4, -0.2) is 19.2 Å². The third kappa shape index (κ3) is 6.08. The average molecular weight is 428 g/mol. The van der Waals surface area contributed by atoms with Crippen LogP contribution >= 0.6 is 0 Å². The number of halogens is 3. The Morgan fingerprint density at radius 1 is 1.00 bits per heavy atom. The van der Waals surface area contributed by atoms with E-state index >= 15 is 0 Å². The summed E-state index contributed by atoms with van der Waals surface area (Å²) in [6, 6.07) is 18.8. The van der Waals surface area contributed by atoms with Crippen molar-refractivity contribution in [3.8, 4) is 11.5 Å². The third-order valence-corrected chi connectivity index (χ3v) is 4.26. The molecule has 0 aliphatic rings. The monoisotopic (exact) mass is 428 g/mol. The van der Waals surface area contributed by atoms with Gasteiger partial charge in [-0.1, -0.05) is 36.4 Å². The minimum absolute atomic E-state index is 0.145. The molecule has 0 spiro atoms. The van der Waals surface area contributed by atoms with E-state index in [0.717, 1.165) is 17.7 Å². The Morgan fingerprint density at radius 3 is 2.48 bits per heavy atom. The fourth-order valence-corrected chi connectivity index (χ4v) is 2.69. The molecular weight excluding hydrogens is 409 g/mol. The average Bonchev–Trinajstić information content (AvgIpc) is 2.78. The Hall–Kier alpha value is -3.81. The number of rotatable bonds is 7. The predicted octanol–water partition coefficient (Wildman–Crippen LogP) is 5.06. The number of nitrogens with one attached hydrogen (secondary N) is 1. The number of alkyl halides is 3. The van der Waals surface area contributed by atoms with Crippen LogP contribution in [0.25, 0.3) is 0 Å². The van der Waals surface area contributed by atoms with Gasteiger partial charge in [0.05, 0.1) is 18.9 Å². The lowest BCUT2D eigenvalue weighted by Gasteiger charge is -2.11. The van der Waals surface area contributed by atoms with Crippen LogP contribution in [0.5, 0.6) is 11.5 Å². The van der Waals surface area contributed by atoms with Crippen LogP contribution in [0.3, 0.4) is 0 Å². The highest BCUT2D eigenvalue weighted by Gasteiger charge is 2.30. The standard InChI is InChI=1S/C23H19F3N2O3/c1-30-20-11-10-17(12-21(20)31-15-16-6-3-2-4-7-16)14-27-28-22(29)18-8-5-9-19(13-18)23(24,25)26/h2-14H,15H2,1H3,(H,28,29)/b27-14-. The molecule has 0 aromatic heterocycles. The topological polar surface area (TPSA) is 59.9 Å². The van der Waals surface area contributed by atoms with Gasteiger partial charge in [0.15, 0.2) is 11.5 Å². The lowest BCUT2D eigenvalue weighted by molar-refractivity contribution is -0.137. The normalized spacial score (nSPS) is 11.4. The molecule has 5 nitrogen and oxygen atoms in total. The van der Waals surface area contributed by atoms with Crippen molar-refractivity contribution in [3.05, 3.63) is 95.1 Å². The molecule has 160 valence electrons. The fraction of sp³-hybridized carbons (Fsp3) is 0.130. The molecule has 0 fully saturated rings. The van der Waals surface area contributed by atoms with E-state index in [1.807, 2.05) is 30.3 Å². The smallest absolute Gasteiger partial charge is 0.416 e. The number of benzene rings is 3. The van der Waals surface area contributed by atoms with Gasteiger partial charge in [0, 0.05) is 5.56 Å². The molecule has 3 aromatic carbocycles. The van der Waals surface area contributed by atoms with Crippen LogP contribution in [-0.2, 0) is 12.8 Å². The second-order valence-electron chi connectivity index (χ2n) is 6.46. The van der Waals surface area contributed by atoms with Gasteiger partial charge in [-0.25, -0.2) is 5.43 Å². The van der Waals surface area contributed by atoms with Gasteiger partial charge < -0.3 is 9.47 Å². The van der Waals surface area contributed by atoms with Gasteiger partial charge in [-0.2, -0.15) is 18.3 Å². The minimum atomic E-state index is -4.53. The molecule has 0 radical (unpaired) electrons. The summed E-state index contributed by atoms with van der Waals surface area (Å²) in [6.45, 7) is 0.337. The number of amides is 1. The van der Waals surface area contributed by atoms with Crippen LogP contribution in [0, 0.1) is 0 Å². The zero-order chi connectivity index (χ0) is 22.3. The summed E-state index contributed by atoms with van der Waals surface area (Å²) in [4.78, 5) is 12.1. The zero-order valence-electron chi connectivity index (χ0n) is 16.5. The minimum Gasteiger partial charge on any atom is -0.493 e. The Balaban J connectivity index is 1.67. The number of nitrogens with zero attached hydrogens (tertiary/aromatic N) is 1. The van der Waals surface area contributed by atoms with E-state index in [1.165, 1.54) is 25.5 Å². The van der Waals surface area contributed by atoms with Gasteiger partial charge in [0.25, 0.3) is 5.91 Å². The molecule has 0 aliphatic heterocycles. The summed E-state index contributed by atoms with van der Waals surface area (Å²) >= 11 is 0. The van der Waals surface area contributed by atoms with Crippen molar-refractivity contribution in [2.75, 3.05) is 7.11 Å². The molecule has 0 atom stereocenters. The van der Waals surface area contributed by atoms with Crippen LogP contribution in [0.1, 0.15) is 27.0 Å². The van der Waals surface area contributed by atoms with E-state index in [9.17, 15) is 18.0 Å². The van der Waals surface area contributed by atoms with E-state index < -0.39 is 17.6 Å². The van der Waals surface area contributed by atoms with E-state index in [1.54, 1.807) is 18.2 Å². The highest BCUT2D eigenvalue weighted by molar-refractivity contribution is 5.95. The summed E-state index contributed by atoms with van der Waals surface area (Å²) in [5.41, 5.74) is 2.76. The van der Waals surface area contributed by atoms with Crippen molar-refractivity contribution in [3.63, 3.8) is 0 Å². The summed E-state index contributed by atoms with van der Waals surface area (Å²) in [6.07, 6.45) is -3.17. The largest absolute Gasteiger partial charge is 0.493 e. The molecule has 0 saturated heterocycles. The second-order valence-corrected chi connectivity index (χ2v) is 6.46. The summed E-state index contributed by atoms with van der Waals surface area (Å²) < 4.78 is 49.5. The van der Waals surface area contributed by atoms with Gasteiger partial charge in [0.1, 0.15) is 6.61 Å².